The van der Waals surface area contributed by atoms with E-state index in [0.717, 1.165) is 54.4 Å². The van der Waals surface area contributed by atoms with Crippen LogP contribution in [0.2, 0.25) is 5.15 Å². The van der Waals surface area contributed by atoms with Gasteiger partial charge in [0.15, 0.2) is 0 Å². The van der Waals surface area contributed by atoms with E-state index in [0.29, 0.717) is 18.2 Å². The summed E-state index contributed by atoms with van der Waals surface area (Å²) < 4.78 is 7.17. The highest BCUT2D eigenvalue weighted by Gasteiger charge is 2.19. The lowest BCUT2D eigenvalue weighted by molar-refractivity contribution is -0.143. The van der Waals surface area contributed by atoms with Gasteiger partial charge in [-0.1, -0.05) is 48.9 Å². The van der Waals surface area contributed by atoms with Gasteiger partial charge >= 0.3 is 5.97 Å². The number of ether oxygens (including phenoxy) is 1. The van der Waals surface area contributed by atoms with Gasteiger partial charge in [0, 0.05) is 30.3 Å². The fraction of sp³-hybridized carbons (Fsp3) is 0.321. The summed E-state index contributed by atoms with van der Waals surface area (Å²) in [5.74, 6) is -0.138. The number of pyridine rings is 1. The number of halogens is 1. The van der Waals surface area contributed by atoms with E-state index in [9.17, 15) is 4.79 Å². The van der Waals surface area contributed by atoms with E-state index in [1.807, 2.05) is 25.1 Å². The number of nitrogens with zero attached hydrogens (tertiary/aromatic N) is 3. The first-order chi connectivity index (χ1) is 16.6. The Morgan fingerprint density at radius 1 is 1.06 bits per heavy atom. The molecule has 0 bridgehead atoms. The van der Waals surface area contributed by atoms with E-state index in [1.54, 1.807) is 6.20 Å². The molecule has 0 aliphatic heterocycles. The van der Waals surface area contributed by atoms with Gasteiger partial charge in [0.1, 0.15) is 5.15 Å². The third kappa shape index (κ3) is 5.48. The SMILES string of the molecule is CCOC(=O)CCCCc1c(Cc2ccccc2)nn2c(CC)ccc2c1-c1ccnc(Cl)c1. The molecule has 4 rings (SSSR count). The van der Waals surface area contributed by atoms with Crippen LogP contribution in [0.1, 0.15) is 55.6 Å². The maximum absolute atomic E-state index is 11.8. The molecule has 0 aliphatic carbocycles. The maximum atomic E-state index is 11.8. The lowest BCUT2D eigenvalue weighted by atomic mass is 9.92. The third-order valence-electron chi connectivity index (χ3n) is 6.02. The Hall–Kier alpha value is -3.18. The standard InChI is InChI=1S/C28H30ClN3O2/c1-3-22-14-15-25-28(21-16-17-30-26(29)19-21)23(12-8-9-13-27(33)34-4-2)24(31-32(22)25)18-20-10-6-5-7-11-20/h5-7,10-11,14-17,19H,3-4,8-9,12-13,18H2,1-2H3. The molecular weight excluding hydrogens is 446 g/mol. The molecule has 3 aromatic heterocycles. The van der Waals surface area contributed by atoms with E-state index in [2.05, 4.69) is 52.8 Å². The first kappa shape index (κ1) is 24.0. The highest BCUT2D eigenvalue weighted by Crippen LogP contribution is 2.34. The van der Waals surface area contributed by atoms with Gasteiger partial charge in [-0.2, -0.15) is 5.10 Å². The molecule has 0 aliphatic rings. The Morgan fingerprint density at radius 3 is 2.62 bits per heavy atom. The summed E-state index contributed by atoms with van der Waals surface area (Å²) in [5.41, 5.74) is 7.86. The van der Waals surface area contributed by atoms with Gasteiger partial charge in [0.05, 0.1) is 17.8 Å². The van der Waals surface area contributed by atoms with E-state index in [1.165, 1.54) is 16.8 Å². The zero-order valence-corrected chi connectivity index (χ0v) is 20.5. The van der Waals surface area contributed by atoms with E-state index in [4.69, 9.17) is 21.4 Å². The Balaban J connectivity index is 1.81. The molecule has 0 spiro atoms. The summed E-state index contributed by atoms with van der Waals surface area (Å²) >= 11 is 6.31. The predicted octanol–water partition coefficient (Wildman–Crippen LogP) is 6.48. The Bertz CT molecular complexity index is 1270. The summed E-state index contributed by atoms with van der Waals surface area (Å²) in [6.07, 6.45) is 6.25. The number of aryl methyl sites for hydroxylation is 1. The van der Waals surface area contributed by atoms with Crippen LogP contribution in [0, 0.1) is 0 Å². The average molecular weight is 476 g/mol. The van der Waals surface area contributed by atoms with Crippen LogP contribution in [0.3, 0.4) is 0 Å². The van der Waals surface area contributed by atoms with E-state index >= 15 is 0 Å². The van der Waals surface area contributed by atoms with Crippen LogP contribution in [0.5, 0.6) is 0 Å². The number of carbonyl (C=O) groups is 1. The largest absolute Gasteiger partial charge is 0.466 e. The van der Waals surface area contributed by atoms with Crippen LogP contribution in [0.4, 0.5) is 0 Å². The summed E-state index contributed by atoms with van der Waals surface area (Å²) in [6, 6.07) is 18.6. The van der Waals surface area contributed by atoms with Crippen molar-refractivity contribution in [3.63, 3.8) is 0 Å². The molecule has 1 aromatic carbocycles. The van der Waals surface area contributed by atoms with Crippen molar-refractivity contribution in [2.24, 2.45) is 0 Å². The monoisotopic (exact) mass is 475 g/mol. The molecule has 5 nitrogen and oxygen atoms in total. The van der Waals surface area contributed by atoms with Crippen LogP contribution < -0.4 is 0 Å². The number of fused-ring (bicyclic) bond motifs is 1. The first-order valence-electron chi connectivity index (χ1n) is 11.9. The number of aromatic nitrogens is 3. The lowest BCUT2D eigenvalue weighted by Crippen LogP contribution is -2.10. The van der Waals surface area contributed by atoms with Crippen LogP contribution in [-0.2, 0) is 28.8 Å². The number of esters is 1. The van der Waals surface area contributed by atoms with Crippen molar-refractivity contribution in [3.8, 4) is 11.1 Å². The summed E-state index contributed by atoms with van der Waals surface area (Å²) in [6.45, 7) is 4.40. The molecule has 0 amide bonds. The minimum atomic E-state index is -0.138. The van der Waals surface area contributed by atoms with Crippen molar-refractivity contribution >= 4 is 23.1 Å². The molecule has 4 aromatic rings. The molecule has 0 N–H and O–H groups in total. The Morgan fingerprint density at radius 2 is 1.88 bits per heavy atom. The first-order valence-corrected chi connectivity index (χ1v) is 12.3. The maximum Gasteiger partial charge on any atom is 0.305 e. The van der Waals surface area contributed by atoms with Crippen molar-refractivity contribution in [3.05, 3.63) is 88.5 Å². The number of hydrogen-bond acceptors (Lipinski definition) is 4. The van der Waals surface area contributed by atoms with Crippen molar-refractivity contribution in [1.29, 1.82) is 0 Å². The van der Waals surface area contributed by atoms with Gasteiger partial charge < -0.3 is 4.74 Å². The Labute approximate surface area is 205 Å². The molecule has 176 valence electrons. The number of carbonyl (C=O) groups excluding carboxylic acids is 1. The molecule has 0 unspecified atom stereocenters. The van der Waals surface area contributed by atoms with Gasteiger partial charge in [-0.15, -0.1) is 0 Å². The zero-order chi connectivity index (χ0) is 23.9. The van der Waals surface area contributed by atoms with Crippen LogP contribution in [0.15, 0.2) is 60.8 Å². The number of hydrogen-bond donors (Lipinski definition) is 0. The van der Waals surface area contributed by atoms with Crippen LogP contribution in [0.25, 0.3) is 16.6 Å². The van der Waals surface area contributed by atoms with Gasteiger partial charge in [0.2, 0.25) is 0 Å². The van der Waals surface area contributed by atoms with Crippen molar-refractivity contribution < 1.29 is 9.53 Å². The second kappa shape index (κ2) is 11.3. The van der Waals surface area contributed by atoms with Gasteiger partial charge in [0.25, 0.3) is 0 Å². The normalized spacial score (nSPS) is 11.1. The zero-order valence-electron chi connectivity index (χ0n) is 19.8. The van der Waals surface area contributed by atoms with Gasteiger partial charge in [-0.25, -0.2) is 9.50 Å². The van der Waals surface area contributed by atoms with Gasteiger partial charge in [-0.05, 0) is 73.6 Å². The second-order valence-corrected chi connectivity index (χ2v) is 8.70. The van der Waals surface area contributed by atoms with Crippen molar-refractivity contribution in [1.82, 2.24) is 14.6 Å². The molecule has 34 heavy (non-hydrogen) atoms. The average Bonchev–Trinajstić information content (AvgIpc) is 3.25. The third-order valence-corrected chi connectivity index (χ3v) is 6.22. The van der Waals surface area contributed by atoms with Crippen LogP contribution in [-0.4, -0.2) is 27.2 Å². The lowest BCUT2D eigenvalue weighted by Gasteiger charge is -2.18. The molecular formula is C28H30ClN3O2. The minimum Gasteiger partial charge on any atom is -0.466 e. The smallest absolute Gasteiger partial charge is 0.305 e. The molecule has 0 saturated carbocycles. The fourth-order valence-corrected chi connectivity index (χ4v) is 4.58. The van der Waals surface area contributed by atoms with Crippen LogP contribution >= 0.6 is 11.6 Å². The van der Waals surface area contributed by atoms with Crippen molar-refractivity contribution in [2.45, 2.75) is 52.4 Å². The molecule has 0 radical (unpaired) electrons. The minimum absolute atomic E-state index is 0.138. The van der Waals surface area contributed by atoms with Crippen molar-refractivity contribution in [2.75, 3.05) is 6.61 Å². The summed E-state index contributed by atoms with van der Waals surface area (Å²) in [4.78, 5) is 16.0. The van der Waals surface area contributed by atoms with E-state index < -0.39 is 0 Å². The van der Waals surface area contributed by atoms with Gasteiger partial charge in [-0.3, -0.25) is 4.79 Å². The molecule has 3 heterocycles. The number of benzene rings is 1. The Kier molecular flexibility index (Phi) is 7.96. The molecule has 6 heteroatoms. The van der Waals surface area contributed by atoms with E-state index in [-0.39, 0.29) is 5.97 Å². The highest BCUT2D eigenvalue weighted by atomic mass is 35.5. The predicted molar refractivity (Wildman–Crippen MR) is 136 cm³/mol. The molecule has 0 atom stereocenters. The fourth-order valence-electron chi connectivity index (χ4n) is 4.41. The molecule has 0 saturated heterocycles. The summed E-state index contributed by atoms with van der Waals surface area (Å²) in [7, 11) is 0. The number of rotatable bonds is 10. The number of unbranched alkanes of at least 4 members (excludes halogenated alkanes) is 1. The summed E-state index contributed by atoms with van der Waals surface area (Å²) in [5, 5.41) is 5.59. The molecule has 0 fully saturated rings. The second-order valence-electron chi connectivity index (χ2n) is 8.32. The topological polar surface area (TPSA) is 56.5 Å². The highest BCUT2D eigenvalue weighted by molar-refractivity contribution is 6.29. The quantitative estimate of drug-likeness (QED) is 0.150.